The molecule has 6 nitrogen and oxygen atoms in total. The summed E-state index contributed by atoms with van der Waals surface area (Å²) in [5, 5.41) is 15.7. The molecule has 1 aliphatic heterocycles. The molecule has 2 atom stereocenters. The molecule has 2 aliphatic carbocycles. The van der Waals surface area contributed by atoms with Gasteiger partial charge in [0.25, 0.3) is 0 Å². The Bertz CT molecular complexity index is 1190. The van der Waals surface area contributed by atoms with Gasteiger partial charge in [0.2, 0.25) is 0 Å². The van der Waals surface area contributed by atoms with Crippen LogP contribution in [0.25, 0.3) is 5.57 Å². The molecule has 162 valence electrons. The van der Waals surface area contributed by atoms with Crippen molar-refractivity contribution < 1.29 is 17.5 Å². The number of fused-ring (bicyclic) bond motifs is 2. The number of ketones is 1. The van der Waals surface area contributed by atoms with Crippen molar-refractivity contribution in [3.63, 3.8) is 0 Å². The third kappa shape index (κ3) is 3.54. The average molecular weight is 457 g/mol. The van der Waals surface area contributed by atoms with Crippen molar-refractivity contribution in [3.05, 3.63) is 52.4 Å². The van der Waals surface area contributed by atoms with Crippen LogP contribution in [0.15, 0.2) is 46.5 Å². The van der Waals surface area contributed by atoms with E-state index in [9.17, 15) is 18.5 Å². The molecule has 2 fully saturated rings. The molecule has 0 aromatic heterocycles. The number of hydrogen-bond donors (Lipinski definition) is 0. The molecule has 1 heterocycles. The third-order valence-electron chi connectivity index (χ3n) is 7.24. The number of oxime groups is 1. The minimum Gasteiger partial charge on any atom is -0.299 e. The van der Waals surface area contributed by atoms with E-state index < -0.39 is 15.5 Å². The molecule has 1 aromatic carbocycles. The lowest BCUT2D eigenvalue weighted by atomic mass is 9.70. The lowest BCUT2D eigenvalue weighted by Gasteiger charge is -2.35. The minimum atomic E-state index is -4.08. The number of rotatable bonds is 5. The van der Waals surface area contributed by atoms with E-state index in [1.807, 2.05) is 45.0 Å². The minimum absolute atomic E-state index is 0.0115. The standard InChI is InChI=1S/C23H24N2O4S2/c1-15-6-4-5-7-17(15)19(13-24)18-9-11-30-21(18)25-29-31(27,28)14-23-10-8-16(12-20(23)26)22(23,2)3/h4-7,9,11,16H,8,10,12,14H2,1-3H3/b19-18+,25-21?. The first-order valence-electron chi connectivity index (χ1n) is 10.2. The van der Waals surface area contributed by atoms with Crippen molar-refractivity contribution in [2.45, 2.75) is 40.0 Å². The average Bonchev–Trinajstić information content (AvgIpc) is 3.31. The first-order chi connectivity index (χ1) is 14.6. The van der Waals surface area contributed by atoms with Crippen molar-refractivity contribution in [3.8, 4) is 6.07 Å². The van der Waals surface area contributed by atoms with Gasteiger partial charge in [-0.05, 0) is 53.7 Å². The number of nitrogens with zero attached hydrogens (tertiary/aromatic N) is 2. The van der Waals surface area contributed by atoms with Crippen LogP contribution in [0.1, 0.15) is 44.2 Å². The Morgan fingerprint density at radius 1 is 1.35 bits per heavy atom. The Balaban J connectivity index is 1.62. The molecule has 0 N–H and O–H groups in total. The van der Waals surface area contributed by atoms with Crippen LogP contribution in [0.2, 0.25) is 0 Å². The SMILES string of the molecule is Cc1ccccc1/C(C#N)=C1\C=CSC1=NOS(=O)(=O)CC12CCC(CC1=O)C2(C)C. The first kappa shape index (κ1) is 21.8. The summed E-state index contributed by atoms with van der Waals surface area (Å²) in [7, 11) is -4.08. The van der Waals surface area contributed by atoms with E-state index in [2.05, 4.69) is 11.2 Å². The maximum Gasteiger partial charge on any atom is 0.329 e. The highest BCUT2D eigenvalue weighted by Crippen LogP contribution is 2.64. The highest BCUT2D eigenvalue weighted by atomic mass is 32.2. The van der Waals surface area contributed by atoms with Gasteiger partial charge in [-0.25, -0.2) is 0 Å². The second-order valence-corrected chi connectivity index (χ2v) is 11.4. The smallest absolute Gasteiger partial charge is 0.299 e. The van der Waals surface area contributed by atoms with Gasteiger partial charge in [-0.15, -0.1) is 0 Å². The van der Waals surface area contributed by atoms with Gasteiger partial charge in [-0.3, -0.25) is 9.08 Å². The number of aryl methyl sites for hydroxylation is 1. The maximum absolute atomic E-state index is 12.8. The van der Waals surface area contributed by atoms with Gasteiger partial charge in [0.05, 0.1) is 11.0 Å². The quantitative estimate of drug-likeness (QED) is 0.475. The zero-order chi connectivity index (χ0) is 22.4. The highest BCUT2D eigenvalue weighted by molar-refractivity contribution is 8.17. The zero-order valence-corrected chi connectivity index (χ0v) is 19.3. The molecule has 0 radical (unpaired) electrons. The van der Waals surface area contributed by atoms with Crippen molar-refractivity contribution in [1.82, 2.24) is 0 Å². The summed E-state index contributed by atoms with van der Waals surface area (Å²) in [6, 6.07) is 9.70. The summed E-state index contributed by atoms with van der Waals surface area (Å²) in [4.78, 5) is 12.7. The zero-order valence-electron chi connectivity index (χ0n) is 17.7. The summed E-state index contributed by atoms with van der Waals surface area (Å²) in [5.74, 6) is -0.130. The Labute approximate surface area is 187 Å². The number of thioether (sulfide) groups is 1. The van der Waals surface area contributed by atoms with Crippen molar-refractivity contribution in [2.24, 2.45) is 21.9 Å². The van der Waals surface area contributed by atoms with Crippen molar-refractivity contribution >= 4 is 38.3 Å². The van der Waals surface area contributed by atoms with Crippen LogP contribution in [-0.4, -0.2) is 25.0 Å². The largest absolute Gasteiger partial charge is 0.329 e. The predicted molar refractivity (Wildman–Crippen MR) is 121 cm³/mol. The summed E-state index contributed by atoms with van der Waals surface area (Å²) < 4.78 is 30.7. The fraction of sp³-hybridized carbons (Fsp3) is 0.435. The summed E-state index contributed by atoms with van der Waals surface area (Å²) in [6.45, 7) is 5.87. The molecule has 1 aromatic rings. The van der Waals surface area contributed by atoms with E-state index in [0.717, 1.165) is 17.5 Å². The molecule has 2 unspecified atom stereocenters. The topological polar surface area (TPSA) is 96.6 Å². The number of allylic oxidation sites excluding steroid dienone is 2. The molecule has 0 spiro atoms. The number of Topliss-reactive ketones (excluding diaryl/α,β-unsaturated/α-hetero) is 1. The van der Waals surface area contributed by atoms with Gasteiger partial charge in [0.15, 0.2) is 0 Å². The lowest BCUT2D eigenvalue weighted by molar-refractivity contribution is -0.128. The molecule has 0 saturated heterocycles. The molecule has 0 amide bonds. The van der Waals surface area contributed by atoms with Crippen molar-refractivity contribution in [2.75, 3.05) is 5.75 Å². The maximum atomic E-state index is 12.8. The van der Waals surface area contributed by atoms with Crippen molar-refractivity contribution in [1.29, 1.82) is 5.26 Å². The third-order valence-corrected chi connectivity index (χ3v) is 9.17. The number of carbonyl (C=O) groups is 1. The van der Waals surface area contributed by atoms with Gasteiger partial charge in [-0.2, -0.15) is 13.7 Å². The van der Waals surface area contributed by atoms with Gasteiger partial charge in [-0.1, -0.05) is 55.0 Å². The Morgan fingerprint density at radius 3 is 2.71 bits per heavy atom. The summed E-state index contributed by atoms with van der Waals surface area (Å²) in [6.07, 6.45) is 3.59. The van der Waals surface area contributed by atoms with E-state index >= 15 is 0 Å². The Morgan fingerprint density at radius 2 is 2.10 bits per heavy atom. The van der Waals surface area contributed by atoms with Crippen LogP contribution >= 0.6 is 11.8 Å². The monoisotopic (exact) mass is 456 g/mol. The fourth-order valence-electron chi connectivity index (χ4n) is 5.21. The van der Waals surface area contributed by atoms with Crippen LogP contribution in [0.4, 0.5) is 0 Å². The van der Waals surface area contributed by atoms with Gasteiger partial charge >= 0.3 is 10.1 Å². The number of nitriles is 1. The van der Waals surface area contributed by atoms with E-state index in [1.165, 1.54) is 11.8 Å². The molecular weight excluding hydrogens is 432 g/mol. The summed E-state index contributed by atoms with van der Waals surface area (Å²) in [5.41, 5.74) is 1.34. The van der Waals surface area contributed by atoms with E-state index in [-0.39, 0.29) is 22.9 Å². The van der Waals surface area contributed by atoms with Gasteiger partial charge < -0.3 is 0 Å². The van der Waals surface area contributed by atoms with Gasteiger partial charge in [0.1, 0.15) is 22.6 Å². The van der Waals surface area contributed by atoms with Crippen LogP contribution in [-0.2, 0) is 19.2 Å². The first-order valence-corrected chi connectivity index (χ1v) is 12.6. The predicted octanol–water partition coefficient (Wildman–Crippen LogP) is 4.59. The van der Waals surface area contributed by atoms with Crippen LogP contribution in [0.3, 0.4) is 0 Å². The number of hydrogen-bond acceptors (Lipinski definition) is 7. The normalized spacial score (nSPS) is 29.4. The lowest BCUT2D eigenvalue weighted by Crippen LogP contribution is -2.42. The summed E-state index contributed by atoms with van der Waals surface area (Å²) >= 11 is 1.20. The van der Waals surface area contributed by atoms with Crippen LogP contribution in [0, 0.1) is 35.0 Å². The Kier molecular flexibility index (Phi) is 5.39. The second kappa shape index (κ2) is 7.64. The molecule has 8 heteroatoms. The molecule has 31 heavy (non-hydrogen) atoms. The highest BCUT2D eigenvalue weighted by Gasteiger charge is 2.65. The van der Waals surface area contributed by atoms with Crippen LogP contribution in [0.5, 0.6) is 0 Å². The molecular formula is C23H24N2O4S2. The second-order valence-electron chi connectivity index (χ2n) is 8.98. The molecule has 2 bridgehead atoms. The fourth-order valence-corrected chi connectivity index (χ4v) is 7.49. The van der Waals surface area contributed by atoms with E-state index in [0.29, 0.717) is 29.0 Å². The van der Waals surface area contributed by atoms with E-state index in [4.69, 9.17) is 4.28 Å². The number of benzene rings is 1. The van der Waals surface area contributed by atoms with Crippen LogP contribution < -0.4 is 0 Å². The van der Waals surface area contributed by atoms with E-state index in [1.54, 1.807) is 11.5 Å². The van der Waals surface area contributed by atoms with Gasteiger partial charge in [0, 0.05) is 12.0 Å². The molecule has 4 rings (SSSR count). The number of carbonyl (C=O) groups excluding carboxylic acids is 1. The molecule has 2 saturated carbocycles. The molecule has 3 aliphatic rings. The Hall–Kier alpha value is -2.37.